The lowest BCUT2D eigenvalue weighted by Gasteiger charge is -2.46. The number of benzene rings is 2. The van der Waals surface area contributed by atoms with Gasteiger partial charge in [0.15, 0.2) is 0 Å². The molecule has 1 amide bonds. The van der Waals surface area contributed by atoms with Crippen LogP contribution < -0.4 is 4.74 Å². The van der Waals surface area contributed by atoms with Crippen LogP contribution in [-0.2, 0) is 17.6 Å². The van der Waals surface area contributed by atoms with Gasteiger partial charge in [0.2, 0.25) is 0 Å². The predicted molar refractivity (Wildman–Crippen MR) is 101 cm³/mol. The molecule has 1 saturated heterocycles. The molecule has 0 spiro atoms. The highest BCUT2D eigenvalue weighted by Gasteiger charge is 2.52. The normalized spacial score (nSPS) is 18.8. The van der Waals surface area contributed by atoms with Crippen molar-refractivity contribution in [3.8, 4) is 5.75 Å². The van der Waals surface area contributed by atoms with E-state index in [1.807, 2.05) is 0 Å². The number of aliphatic carboxylic acids is 1. The van der Waals surface area contributed by atoms with Crippen LogP contribution in [0.4, 0.5) is 13.2 Å². The predicted octanol–water partition coefficient (Wildman–Crippen LogP) is 3.56. The van der Waals surface area contributed by atoms with Crippen molar-refractivity contribution in [2.45, 2.75) is 25.2 Å². The van der Waals surface area contributed by atoms with E-state index in [9.17, 15) is 27.9 Å². The van der Waals surface area contributed by atoms with E-state index in [2.05, 4.69) is 0 Å². The number of carbonyl (C=O) groups excluding carboxylic acids is 1. The minimum Gasteiger partial charge on any atom is -0.492 e. The Bertz CT molecular complexity index is 984. The average molecular weight is 419 g/mol. The first-order chi connectivity index (χ1) is 14.2. The van der Waals surface area contributed by atoms with Gasteiger partial charge >= 0.3 is 5.97 Å². The van der Waals surface area contributed by atoms with E-state index in [0.717, 1.165) is 5.56 Å². The number of aryl methyl sites for hydroxylation is 1. The van der Waals surface area contributed by atoms with Crippen molar-refractivity contribution in [2.75, 3.05) is 19.7 Å². The molecule has 30 heavy (non-hydrogen) atoms. The molecule has 8 heteroatoms. The minimum atomic E-state index is -2.70. The Morgan fingerprint density at radius 2 is 1.77 bits per heavy atom. The number of carbonyl (C=O) groups is 2. The summed E-state index contributed by atoms with van der Waals surface area (Å²) in [4.78, 5) is 25.6. The zero-order valence-electron chi connectivity index (χ0n) is 16.0. The Morgan fingerprint density at radius 1 is 1.07 bits per heavy atom. The highest BCUT2D eigenvalue weighted by atomic mass is 19.3. The van der Waals surface area contributed by atoms with Gasteiger partial charge in [-0.1, -0.05) is 6.07 Å². The number of hydrogen-bond donors (Lipinski definition) is 1. The molecule has 0 aromatic heterocycles. The van der Waals surface area contributed by atoms with E-state index >= 15 is 0 Å². The molecule has 2 aromatic rings. The van der Waals surface area contributed by atoms with Crippen LogP contribution in [0.1, 0.15) is 27.9 Å². The summed E-state index contributed by atoms with van der Waals surface area (Å²) in [7, 11) is 0. The Morgan fingerprint density at radius 3 is 2.43 bits per heavy atom. The molecule has 158 valence electrons. The summed E-state index contributed by atoms with van der Waals surface area (Å²) < 4.78 is 45.8. The number of likely N-dealkylation sites (tertiary alicyclic amines) is 1. The molecule has 2 aliphatic rings. The molecular weight excluding hydrogens is 399 g/mol. The number of halogens is 3. The zero-order valence-corrected chi connectivity index (χ0v) is 16.0. The Balaban J connectivity index is 1.40. The second-order valence-corrected chi connectivity index (χ2v) is 8.01. The summed E-state index contributed by atoms with van der Waals surface area (Å²) in [5, 5.41) is 9.67. The molecule has 0 atom stereocenters. The van der Waals surface area contributed by atoms with Gasteiger partial charge in [-0.2, -0.15) is 0 Å². The van der Waals surface area contributed by atoms with Gasteiger partial charge in [-0.3, -0.25) is 9.59 Å². The van der Waals surface area contributed by atoms with Gasteiger partial charge in [-0.25, -0.2) is 13.2 Å². The standard InChI is InChI=1S/C22H20F3NO4/c23-17-4-1-14(2-5-17)19(27)26-11-21(12-26,20(28)29)13-30-18-6-3-16-10-22(24,25)8-7-15(16)9-18/h1-6,9H,7-8,10-13H2,(H,28,29). The second-order valence-electron chi connectivity index (χ2n) is 8.01. The number of hydrogen-bond acceptors (Lipinski definition) is 3. The van der Waals surface area contributed by atoms with Gasteiger partial charge in [-0.15, -0.1) is 0 Å². The molecule has 1 aliphatic heterocycles. The molecule has 0 bridgehead atoms. The molecule has 1 heterocycles. The monoisotopic (exact) mass is 419 g/mol. The summed E-state index contributed by atoms with van der Waals surface area (Å²) in [5.74, 6) is -4.19. The van der Waals surface area contributed by atoms with Gasteiger partial charge < -0.3 is 14.7 Å². The third-order valence-electron chi connectivity index (χ3n) is 5.72. The first kappa shape index (κ1) is 20.3. The quantitative estimate of drug-likeness (QED) is 0.805. The van der Waals surface area contributed by atoms with E-state index in [4.69, 9.17) is 4.74 Å². The van der Waals surface area contributed by atoms with Crippen LogP contribution in [0.25, 0.3) is 0 Å². The third-order valence-corrected chi connectivity index (χ3v) is 5.72. The van der Waals surface area contributed by atoms with Crippen molar-refractivity contribution in [1.29, 1.82) is 0 Å². The lowest BCUT2D eigenvalue weighted by Crippen LogP contribution is -2.64. The molecule has 0 unspecified atom stereocenters. The van der Waals surface area contributed by atoms with Crippen molar-refractivity contribution in [3.63, 3.8) is 0 Å². The largest absolute Gasteiger partial charge is 0.492 e. The fourth-order valence-electron chi connectivity index (χ4n) is 3.89. The zero-order chi connectivity index (χ0) is 21.5. The van der Waals surface area contributed by atoms with E-state index in [1.165, 1.54) is 29.2 Å². The molecule has 1 N–H and O–H groups in total. The minimum absolute atomic E-state index is 0.0320. The number of carboxylic acids is 1. The molecule has 0 radical (unpaired) electrons. The maximum Gasteiger partial charge on any atom is 0.316 e. The van der Waals surface area contributed by atoms with Gasteiger partial charge in [0.1, 0.15) is 23.6 Å². The maximum atomic E-state index is 13.5. The first-order valence-corrected chi connectivity index (χ1v) is 9.58. The second kappa shape index (κ2) is 7.34. The van der Waals surface area contributed by atoms with Gasteiger partial charge in [0.05, 0.1) is 0 Å². The average Bonchev–Trinajstić information content (AvgIpc) is 2.66. The summed E-state index contributed by atoms with van der Waals surface area (Å²) in [6.45, 7) is -0.212. The topological polar surface area (TPSA) is 66.8 Å². The van der Waals surface area contributed by atoms with Crippen molar-refractivity contribution < 1.29 is 32.6 Å². The highest BCUT2D eigenvalue weighted by Crippen LogP contribution is 2.36. The summed E-state index contributed by atoms with van der Waals surface area (Å²) >= 11 is 0. The van der Waals surface area contributed by atoms with Crippen LogP contribution in [0.15, 0.2) is 42.5 Å². The molecule has 4 rings (SSSR count). The van der Waals surface area contributed by atoms with E-state index < -0.39 is 23.1 Å². The smallest absolute Gasteiger partial charge is 0.316 e. The summed E-state index contributed by atoms with van der Waals surface area (Å²) in [6, 6.07) is 9.89. The number of carboxylic acid groups (broad SMARTS) is 1. The van der Waals surface area contributed by atoms with Crippen molar-refractivity contribution in [1.82, 2.24) is 4.90 Å². The summed E-state index contributed by atoms with van der Waals surface area (Å²) in [5.41, 5.74) is 0.386. The Hall–Kier alpha value is -3.03. The molecule has 5 nitrogen and oxygen atoms in total. The Labute approximate surface area is 171 Å². The SMILES string of the molecule is O=C(c1ccc(F)cc1)N1CC(COc2ccc3c(c2)CCC(F)(F)C3)(C(=O)O)C1. The summed E-state index contributed by atoms with van der Waals surface area (Å²) in [6.07, 6.45) is -0.283. The van der Waals surface area contributed by atoms with Crippen LogP contribution in [-0.4, -0.2) is 47.5 Å². The van der Waals surface area contributed by atoms with Crippen molar-refractivity contribution >= 4 is 11.9 Å². The van der Waals surface area contributed by atoms with E-state index in [-0.39, 0.29) is 50.4 Å². The van der Waals surface area contributed by atoms with E-state index in [0.29, 0.717) is 11.3 Å². The lowest BCUT2D eigenvalue weighted by molar-refractivity contribution is -0.161. The van der Waals surface area contributed by atoms with Gasteiger partial charge in [-0.05, 0) is 53.9 Å². The fourth-order valence-corrected chi connectivity index (χ4v) is 3.89. The molecule has 1 aliphatic carbocycles. The fraction of sp³-hybridized carbons (Fsp3) is 0.364. The number of fused-ring (bicyclic) bond motifs is 1. The van der Waals surface area contributed by atoms with Crippen molar-refractivity contribution in [3.05, 3.63) is 65.0 Å². The number of rotatable bonds is 5. The Kier molecular flexibility index (Phi) is 4.95. The van der Waals surface area contributed by atoms with Crippen LogP contribution in [0.2, 0.25) is 0 Å². The van der Waals surface area contributed by atoms with Gasteiger partial charge in [0.25, 0.3) is 11.8 Å². The molecule has 1 fully saturated rings. The molecule has 0 saturated carbocycles. The number of ether oxygens (including phenoxy) is 1. The lowest BCUT2D eigenvalue weighted by atomic mass is 9.80. The van der Waals surface area contributed by atoms with E-state index in [1.54, 1.807) is 18.2 Å². The number of alkyl halides is 2. The van der Waals surface area contributed by atoms with Gasteiger partial charge in [0, 0.05) is 31.5 Å². The third kappa shape index (κ3) is 3.86. The number of nitrogens with zero attached hydrogens (tertiary/aromatic N) is 1. The maximum absolute atomic E-state index is 13.5. The number of amides is 1. The first-order valence-electron chi connectivity index (χ1n) is 9.58. The van der Waals surface area contributed by atoms with Crippen LogP contribution >= 0.6 is 0 Å². The van der Waals surface area contributed by atoms with Crippen molar-refractivity contribution in [2.24, 2.45) is 5.41 Å². The van der Waals surface area contributed by atoms with Crippen LogP contribution in [0.5, 0.6) is 5.75 Å². The molecular formula is C22H20F3NO4. The van der Waals surface area contributed by atoms with Crippen LogP contribution in [0, 0.1) is 11.2 Å². The molecule has 2 aromatic carbocycles. The highest BCUT2D eigenvalue weighted by molar-refractivity contribution is 5.96. The van der Waals surface area contributed by atoms with Crippen LogP contribution in [0.3, 0.4) is 0 Å².